The Morgan fingerprint density at radius 1 is 1.11 bits per heavy atom. The lowest BCUT2D eigenvalue weighted by molar-refractivity contribution is 0.371. The number of piperidine rings is 1. The van der Waals surface area contributed by atoms with Gasteiger partial charge in [0.15, 0.2) is 0 Å². The van der Waals surface area contributed by atoms with Crippen LogP contribution < -0.4 is 10.6 Å². The van der Waals surface area contributed by atoms with Gasteiger partial charge in [-0.15, -0.1) is 0 Å². The Bertz CT molecular complexity index is 186. The fourth-order valence-electron chi connectivity index (χ4n) is 2.74. The fraction of sp³-hybridized carbons (Fsp3) is 1.00. The van der Waals surface area contributed by atoms with Gasteiger partial charge in [0.25, 0.3) is 0 Å². The van der Waals surface area contributed by atoms with Gasteiger partial charge in [-0.25, -0.2) is 0 Å². The van der Waals surface area contributed by atoms with Gasteiger partial charge in [-0.1, -0.05) is 46.5 Å². The summed E-state index contributed by atoms with van der Waals surface area (Å²) in [5.41, 5.74) is 0. The third kappa shape index (κ3) is 8.10. The summed E-state index contributed by atoms with van der Waals surface area (Å²) in [5.74, 6) is 1.75. The highest BCUT2D eigenvalue weighted by Crippen LogP contribution is 2.14. The smallest absolute Gasteiger partial charge is 0.0192 e. The molecule has 1 saturated heterocycles. The summed E-state index contributed by atoms with van der Waals surface area (Å²) >= 11 is 0. The molecule has 0 bridgehead atoms. The van der Waals surface area contributed by atoms with Crippen LogP contribution in [0.3, 0.4) is 0 Å². The van der Waals surface area contributed by atoms with Gasteiger partial charge in [-0.2, -0.15) is 0 Å². The Balaban J connectivity index is 1.89. The molecule has 0 spiro atoms. The molecule has 18 heavy (non-hydrogen) atoms. The quantitative estimate of drug-likeness (QED) is 0.615. The van der Waals surface area contributed by atoms with Crippen LogP contribution in [-0.2, 0) is 0 Å². The fourth-order valence-corrected chi connectivity index (χ4v) is 2.74. The first-order valence-electron chi connectivity index (χ1n) is 8.12. The molecule has 2 nitrogen and oxygen atoms in total. The van der Waals surface area contributed by atoms with Crippen molar-refractivity contribution in [2.75, 3.05) is 19.6 Å². The molecule has 1 aliphatic heterocycles. The van der Waals surface area contributed by atoms with Crippen LogP contribution in [-0.4, -0.2) is 25.7 Å². The molecule has 108 valence electrons. The molecule has 0 aromatic carbocycles. The van der Waals surface area contributed by atoms with Crippen LogP contribution in [0.4, 0.5) is 0 Å². The van der Waals surface area contributed by atoms with Crippen molar-refractivity contribution in [3.8, 4) is 0 Å². The molecule has 1 rings (SSSR count). The minimum absolute atomic E-state index is 0.731. The SMILES string of the molecule is CC(C)CCCC(C)CCNCC1CCCCN1. The van der Waals surface area contributed by atoms with Crippen molar-refractivity contribution in [2.24, 2.45) is 11.8 Å². The van der Waals surface area contributed by atoms with E-state index in [1.54, 1.807) is 0 Å². The van der Waals surface area contributed by atoms with Crippen LogP contribution in [0.25, 0.3) is 0 Å². The third-order valence-electron chi connectivity index (χ3n) is 4.10. The molecule has 0 aromatic rings. The Morgan fingerprint density at radius 2 is 1.94 bits per heavy atom. The second kappa shape index (κ2) is 9.80. The van der Waals surface area contributed by atoms with E-state index in [1.165, 1.54) is 64.6 Å². The molecule has 0 radical (unpaired) electrons. The Labute approximate surface area is 114 Å². The Kier molecular flexibility index (Phi) is 8.70. The first kappa shape index (κ1) is 16.0. The van der Waals surface area contributed by atoms with Gasteiger partial charge < -0.3 is 10.6 Å². The summed E-state index contributed by atoms with van der Waals surface area (Å²) < 4.78 is 0. The van der Waals surface area contributed by atoms with Gasteiger partial charge >= 0.3 is 0 Å². The molecule has 2 atom stereocenters. The zero-order chi connectivity index (χ0) is 13.2. The highest BCUT2D eigenvalue weighted by molar-refractivity contribution is 4.74. The van der Waals surface area contributed by atoms with Crippen molar-refractivity contribution in [1.82, 2.24) is 10.6 Å². The normalized spacial score (nSPS) is 22.3. The van der Waals surface area contributed by atoms with Crippen molar-refractivity contribution < 1.29 is 0 Å². The first-order chi connectivity index (χ1) is 8.68. The van der Waals surface area contributed by atoms with Crippen molar-refractivity contribution in [3.63, 3.8) is 0 Å². The van der Waals surface area contributed by atoms with E-state index in [-0.39, 0.29) is 0 Å². The third-order valence-corrected chi connectivity index (χ3v) is 4.10. The number of hydrogen-bond acceptors (Lipinski definition) is 2. The van der Waals surface area contributed by atoms with Crippen LogP contribution in [0.2, 0.25) is 0 Å². The van der Waals surface area contributed by atoms with Crippen molar-refractivity contribution in [2.45, 2.75) is 71.8 Å². The lowest BCUT2D eigenvalue weighted by Gasteiger charge is -2.24. The largest absolute Gasteiger partial charge is 0.315 e. The lowest BCUT2D eigenvalue weighted by atomic mass is 9.97. The van der Waals surface area contributed by atoms with Crippen LogP contribution in [0, 0.1) is 11.8 Å². The van der Waals surface area contributed by atoms with E-state index >= 15 is 0 Å². The van der Waals surface area contributed by atoms with Gasteiger partial charge in [0, 0.05) is 12.6 Å². The minimum Gasteiger partial charge on any atom is -0.315 e. The second-order valence-electron chi connectivity index (χ2n) is 6.57. The van der Waals surface area contributed by atoms with Crippen LogP contribution >= 0.6 is 0 Å². The first-order valence-corrected chi connectivity index (χ1v) is 8.12. The van der Waals surface area contributed by atoms with Crippen molar-refractivity contribution >= 4 is 0 Å². The zero-order valence-electron chi connectivity index (χ0n) is 12.8. The maximum Gasteiger partial charge on any atom is 0.0192 e. The summed E-state index contributed by atoms with van der Waals surface area (Å²) in [6.45, 7) is 10.6. The summed E-state index contributed by atoms with van der Waals surface area (Å²) in [5, 5.41) is 7.21. The molecular formula is C16H34N2. The Morgan fingerprint density at radius 3 is 2.61 bits per heavy atom. The van der Waals surface area contributed by atoms with E-state index in [0.29, 0.717) is 0 Å². The molecule has 1 heterocycles. The predicted octanol–water partition coefficient (Wildman–Crippen LogP) is 3.57. The molecule has 0 amide bonds. The van der Waals surface area contributed by atoms with Gasteiger partial charge in [0.1, 0.15) is 0 Å². The Hall–Kier alpha value is -0.0800. The molecule has 0 aromatic heterocycles. The maximum atomic E-state index is 3.62. The van der Waals surface area contributed by atoms with Crippen molar-refractivity contribution in [3.05, 3.63) is 0 Å². The summed E-state index contributed by atoms with van der Waals surface area (Å²) in [4.78, 5) is 0. The number of nitrogens with one attached hydrogen (secondary N) is 2. The standard InChI is InChI=1S/C16H34N2/c1-14(2)7-6-8-15(3)10-12-17-13-16-9-4-5-11-18-16/h14-18H,4-13H2,1-3H3. The molecule has 1 fully saturated rings. The molecule has 1 aliphatic rings. The maximum absolute atomic E-state index is 3.62. The molecule has 2 heteroatoms. The van der Waals surface area contributed by atoms with Gasteiger partial charge in [0.05, 0.1) is 0 Å². The average Bonchev–Trinajstić information content (AvgIpc) is 2.35. The second-order valence-corrected chi connectivity index (χ2v) is 6.57. The highest BCUT2D eigenvalue weighted by atomic mass is 15.0. The molecule has 0 saturated carbocycles. The van der Waals surface area contributed by atoms with Gasteiger partial charge in [-0.05, 0) is 44.2 Å². The monoisotopic (exact) mass is 254 g/mol. The van der Waals surface area contributed by atoms with E-state index in [0.717, 1.165) is 17.9 Å². The summed E-state index contributed by atoms with van der Waals surface area (Å²) in [6, 6.07) is 0.731. The zero-order valence-corrected chi connectivity index (χ0v) is 12.8. The van der Waals surface area contributed by atoms with Crippen LogP contribution in [0.1, 0.15) is 65.7 Å². The molecule has 0 aliphatic carbocycles. The summed E-state index contributed by atoms with van der Waals surface area (Å²) in [6.07, 6.45) is 9.67. The molecule has 2 N–H and O–H groups in total. The van der Waals surface area contributed by atoms with Gasteiger partial charge in [0.2, 0.25) is 0 Å². The van der Waals surface area contributed by atoms with Gasteiger partial charge in [-0.3, -0.25) is 0 Å². The van der Waals surface area contributed by atoms with E-state index < -0.39 is 0 Å². The van der Waals surface area contributed by atoms with E-state index in [9.17, 15) is 0 Å². The highest BCUT2D eigenvalue weighted by Gasteiger charge is 2.11. The van der Waals surface area contributed by atoms with E-state index in [1.807, 2.05) is 0 Å². The van der Waals surface area contributed by atoms with E-state index in [2.05, 4.69) is 31.4 Å². The molecule has 2 unspecified atom stereocenters. The van der Waals surface area contributed by atoms with Crippen LogP contribution in [0.15, 0.2) is 0 Å². The topological polar surface area (TPSA) is 24.1 Å². The molecular weight excluding hydrogens is 220 g/mol. The summed E-state index contributed by atoms with van der Waals surface area (Å²) in [7, 11) is 0. The van der Waals surface area contributed by atoms with Crippen LogP contribution in [0.5, 0.6) is 0 Å². The van der Waals surface area contributed by atoms with Crippen molar-refractivity contribution in [1.29, 1.82) is 0 Å². The number of rotatable bonds is 9. The lowest BCUT2D eigenvalue weighted by Crippen LogP contribution is -2.42. The predicted molar refractivity (Wildman–Crippen MR) is 81.0 cm³/mol. The minimum atomic E-state index is 0.731. The average molecular weight is 254 g/mol. The van der Waals surface area contributed by atoms with E-state index in [4.69, 9.17) is 0 Å². The number of hydrogen-bond donors (Lipinski definition) is 2.